The van der Waals surface area contributed by atoms with E-state index in [0.717, 1.165) is 12.5 Å². The fourth-order valence-electron chi connectivity index (χ4n) is 2.72. The van der Waals surface area contributed by atoms with E-state index in [2.05, 4.69) is 12.2 Å². The van der Waals surface area contributed by atoms with Crippen molar-refractivity contribution in [2.75, 3.05) is 18.5 Å². The molecule has 3 unspecified atom stereocenters. The SMILES string of the molecule is CC1CCCCC1OCC(O)CNc1cc(F)cc(F)c1. The number of ether oxygens (including phenoxy) is 1. The molecule has 118 valence electrons. The second-order valence-electron chi connectivity index (χ2n) is 5.83. The second-order valence-corrected chi connectivity index (χ2v) is 5.83. The first-order valence-electron chi connectivity index (χ1n) is 7.54. The second kappa shape index (κ2) is 7.71. The lowest BCUT2D eigenvalue weighted by Crippen LogP contribution is -2.32. The quantitative estimate of drug-likeness (QED) is 0.846. The van der Waals surface area contributed by atoms with Crippen molar-refractivity contribution >= 4 is 5.69 Å². The molecule has 0 saturated heterocycles. The molecule has 1 aliphatic rings. The van der Waals surface area contributed by atoms with Crippen LogP contribution < -0.4 is 5.32 Å². The molecule has 0 bridgehead atoms. The van der Waals surface area contributed by atoms with Gasteiger partial charge >= 0.3 is 0 Å². The number of hydrogen-bond acceptors (Lipinski definition) is 3. The lowest BCUT2D eigenvalue weighted by atomic mass is 9.88. The van der Waals surface area contributed by atoms with Gasteiger partial charge in [-0.2, -0.15) is 0 Å². The third kappa shape index (κ3) is 5.25. The number of benzene rings is 1. The topological polar surface area (TPSA) is 41.5 Å². The molecule has 0 radical (unpaired) electrons. The van der Waals surface area contributed by atoms with Gasteiger partial charge in [-0.05, 0) is 30.9 Å². The molecule has 0 aliphatic heterocycles. The van der Waals surface area contributed by atoms with Gasteiger partial charge in [0, 0.05) is 18.3 Å². The Morgan fingerprint density at radius 2 is 1.90 bits per heavy atom. The molecule has 1 aliphatic carbocycles. The molecule has 1 aromatic carbocycles. The number of halogens is 2. The fourth-order valence-corrected chi connectivity index (χ4v) is 2.72. The zero-order valence-corrected chi connectivity index (χ0v) is 12.3. The summed E-state index contributed by atoms with van der Waals surface area (Å²) in [5.41, 5.74) is 0.317. The van der Waals surface area contributed by atoms with E-state index in [-0.39, 0.29) is 19.3 Å². The smallest absolute Gasteiger partial charge is 0.128 e. The zero-order chi connectivity index (χ0) is 15.2. The van der Waals surface area contributed by atoms with Crippen molar-refractivity contribution in [1.29, 1.82) is 0 Å². The van der Waals surface area contributed by atoms with Crippen LogP contribution in [0.3, 0.4) is 0 Å². The average Bonchev–Trinajstić information content (AvgIpc) is 2.43. The van der Waals surface area contributed by atoms with Crippen molar-refractivity contribution in [3.05, 3.63) is 29.8 Å². The van der Waals surface area contributed by atoms with Crippen molar-refractivity contribution in [3.8, 4) is 0 Å². The third-order valence-electron chi connectivity index (χ3n) is 3.94. The summed E-state index contributed by atoms with van der Waals surface area (Å²) in [4.78, 5) is 0. The summed E-state index contributed by atoms with van der Waals surface area (Å²) < 4.78 is 31.8. The van der Waals surface area contributed by atoms with Crippen molar-refractivity contribution < 1.29 is 18.6 Å². The third-order valence-corrected chi connectivity index (χ3v) is 3.94. The number of anilines is 1. The van der Waals surface area contributed by atoms with Gasteiger partial charge in [-0.15, -0.1) is 0 Å². The molecule has 0 spiro atoms. The number of nitrogens with one attached hydrogen (secondary N) is 1. The van der Waals surface area contributed by atoms with Crippen molar-refractivity contribution in [3.63, 3.8) is 0 Å². The van der Waals surface area contributed by atoms with Crippen LogP contribution >= 0.6 is 0 Å². The Morgan fingerprint density at radius 1 is 1.24 bits per heavy atom. The number of aliphatic hydroxyl groups is 1. The van der Waals surface area contributed by atoms with Crippen LogP contribution in [0.15, 0.2) is 18.2 Å². The highest BCUT2D eigenvalue weighted by molar-refractivity contribution is 5.43. The van der Waals surface area contributed by atoms with E-state index in [0.29, 0.717) is 11.6 Å². The molecule has 5 heteroatoms. The Hall–Kier alpha value is -1.20. The minimum Gasteiger partial charge on any atom is -0.389 e. The monoisotopic (exact) mass is 299 g/mol. The Bertz CT molecular complexity index is 436. The highest BCUT2D eigenvalue weighted by Crippen LogP contribution is 2.26. The van der Waals surface area contributed by atoms with Gasteiger partial charge < -0.3 is 15.2 Å². The normalized spacial score (nSPS) is 23.8. The maximum Gasteiger partial charge on any atom is 0.128 e. The van der Waals surface area contributed by atoms with Gasteiger partial charge in [0.2, 0.25) is 0 Å². The molecule has 2 rings (SSSR count). The standard InChI is InChI=1S/C16H23F2NO2/c1-11-4-2-3-5-16(11)21-10-15(20)9-19-14-7-12(17)6-13(18)8-14/h6-8,11,15-16,19-20H,2-5,9-10H2,1H3. The predicted octanol–water partition coefficient (Wildman–Crippen LogP) is 3.33. The van der Waals surface area contributed by atoms with Gasteiger partial charge in [-0.3, -0.25) is 0 Å². The van der Waals surface area contributed by atoms with E-state index < -0.39 is 17.7 Å². The van der Waals surface area contributed by atoms with Gasteiger partial charge in [0.25, 0.3) is 0 Å². The Labute approximate surface area is 124 Å². The van der Waals surface area contributed by atoms with Gasteiger partial charge in [-0.25, -0.2) is 8.78 Å². The Morgan fingerprint density at radius 3 is 2.57 bits per heavy atom. The first-order chi connectivity index (χ1) is 10.0. The first-order valence-corrected chi connectivity index (χ1v) is 7.54. The maximum atomic E-state index is 13.0. The van der Waals surface area contributed by atoms with E-state index in [1.807, 2.05) is 0 Å². The van der Waals surface area contributed by atoms with Gasteiger partial charge in [0.05, 0.1) is 18.8 Å². The summed E-state index contributed by atoms with van der Waals surface area (Å²) in [6.07, 6.45) is 4.13. The molecule has 21 heavy (non-hydrogen) atoms. The molecule has 2 N–H and O–H groups in total. The largest absolute Gasteiger partial charge is 0.389 e. The van der Waals surface area contributed by atoms with Crippen molar-refractivity contribution in [2.24, 2.45) is 5.92 Å². The molecule has 3 nitrogen and oxygen atoms in total. The van der Waals surface area contributed by atoms with Crippen LogP contribution in [0.25, 0.3) is 0 Å². The molecule has 1 fully saturated rings. The molecule has 1 aromatic rings. The van der Waals surface area contributed by atoms with E-state index >= 15 is 0 Å². The van der Waals surface area contributed by atoms with Gasteiger partial charge in [0.1, 0.15) is 11.6 Å². The highest BCUT2D eigenvalue weighted by Gasteiger charge is 2.22. The summed E-state index contributed by atoms with van der Waals surface area (Å²) in [6.45, 7) is 2.60. The first kappa shape index (κ1) is 16.2. The van der Waals surface area contributed by atoms with E-state index in [4.69, 9.17) is 4.74 Å². The van der Waals surface area contributed by atoms with Crippen LogP contribution in [0.5, 0.6) is 0 Å². The minimum atomic E-state index is -0.703. The molecule has 1 saturated carbocycles. The average molecular weight is 299 g/mol. The van der Waals surface area contributed by atoms with Crippen LogP contribution in [-0.4, -0.2) is 30.5 Å². The Kier molecular flexibility index (Phi) is 5.94. The number of aliphatic hydroxyl groups excluding tert-OH is 1. The number of hydrogen-bond donors (Lipinski definition) is 2. The van der Waals surface area contributed by atoms with Crippen LogP contribution in [0, 0.1) is 17.6 Å². The van der Waals surface area contributed by atoms with E-state index in [1.165, 1.54) is 31.4 Å². The predicted molar refractivity (Wildman–Crippen MR) is 78.2 cm³/mol. The highest BCUT2D eigenvalue weighted by atomic mass is 19.1. The van der Waals surface area contributed by atoms with E-state index in [1.54, 1.807) is 0 Å². The summed E-state index contributed by atoms with van der Waals surface area (Å²) in [7, 11) is 0. The molecule has 0 aromatic heterocycles. The fraction of sp³-hybridized carbons (Fsp3) is 0.625. The van der Waals surface area contributed by atoms with Gasteiger partial charge in [0.15, 0.2) is 0 Å². The molecule has 0 heterocycles. The molecular formula is C16H23F2NO2. The summed E-state index contributed by atoms with van der Waals surface area (Å²) >= 11 is 0. The summed E-state index contributed by atoms with van der Waals surface area (Å²) in [5.74, 6) is -0.755. The molecule has 3 atom stereocenters. The van der Waals surface area contributed by atoms with Gasteiger partial charge in [-0.1, -0.05) is 19.8 Å². The van der Waals surface area contributed by atoms with Crippen molar-refractivity contribution in [2.45, 2.75) is 44.8 Å². The summed E-state index contributed by atoms with van der Waals surface area (Å²) in [5, 5.41) is 12.7. The van der Waals surface area contributed by atoms with Crippen molar-refractivity contribution in [1.82, 2.24) is 0 Å². The van der Waals surface area contributed by atoms with E-state index in [9.17, 15) is 13.9 Å². The summed E-state index contributed by atoms with van der Waals surface area (Å²) in [6, 6.07) is 3.20. The molecular weight excluding hydrogens is 276 g/mol. The van der Waals surface area contributed by atoms with Crippen LogP contribution in [-0.2, 0) is 4.74 Å². The lowest BCUT2D eigenvalue weighted by molar-refractivity contribution is -0.0424. The lowest BCUT2D eigenvalue weighted by Gasteiger charge is -2.29. The Balaban J connectivity index is 1.73. The number of rotatable bonds is 6. The minimum absolute atomic E-state index is 0.198. The zero-order valence-electron chi connectivity index (χ0n) is 12.3. The van der Waals surface area contributed by atoms with Crippen LogP contribution in [0.2, 0.25) is 0 Å². The van der Waals surface area contributed by atoms with Crippen LogP contribution in [0.1, 0.15) is 32.6 Å². The maximum absolute atomic E-state index is 13.0. The molecule has 0 amide bonds. The van der Waals surface area contributed by atoms with Crippen LogP contribution in [0.4, 0.5) is 14.5 Å².